The first-order valence-corrected chi connectivity index (χ1v) is 23.1. The highest BCUT2D eigenvalue weighted by Gasteiger charge is 2.50. The zero-order chi connectivity index (χ0) is 43.6. The Morgan fingerprint density at radius 2 is 1.78 bits per heavy atom. The number of pyridine rings is 1. The smallest absolute Gasteiger partial charge is 0.319 e. The Morgan fingerprint density at radius 1 is 1.00 bits per heavy atom. The third-order valence-electron chi connectivity index (χ3n) is 13.0. The Morgan fingerprint density at radius 3 is 2.51 bits per heavy atom. The van der Waals surface area contributed by atoms with Crippen LogP contribution in [0.1, 0.15) is 82.0 Å². The highest BCUT2D eigenvalue weighted by Crippen LogP contribution is 2.47. The summed E-state index contributed by atoms with van der Waals surface area (Å²) < 4.78 is 97.1. The van der Waals surface area contributed by atoms with E-state index in [1.54, 1.807) is 18.2 Å². The van der Waals surface area contributed by atoms with Gasteiger partial charge in [0.1, 0.15) is 54.8 Å². The molecule has 4 fully saturated rings. The van der Waals surface area contributed by atoms with E-state index in [2.05, 4.69) is 58.0 Å². The van der Waals surface area contributed by atoms with Gasteiger partial charge in [0, 0.05) is 44.2 Å². The number of fused-ring (bicyclic) bond motifs is 4. The number of aromatic nitrogens is 3. The lowest BCUT2D eigenvalue weighted by molar-refractivity contribution is 0.0512. The first-order valence-electron chi connectivity index (χ1n) is 21.9. The number of ether oxygens (including phenoxy) is 5. The SMILES string of the molecule is [2H]C([2H])(Oc1nc(N2CCCO[C@H]3C[C@H]32)c2c(OC)nc(-c3cc(OCOC)cc4ccc(F)c(C#C[Si](C(C)C)(C(C)C)C(C)C)c34)c(F)c2n1)[C@@]12CCCN1C[C@H](F)C2. The van der Waals surface area contributed by atoms with Crippen LogP contribution in [0.3, 0.4) is 0 Å². The standard InChI is InChI=1S/C45H56F3N5O5Si/c1-26(2)59(27(3)4,28(5)6)18-13-32-34(47)12-11-29-19-31(58-25-54-7)20-33(37(29)32)40-39(48)41-38(43(49-40)55-8)42(53-16-10-17-56-36-21-35(36)53)51-44(50-41)57-24-45-14-9-15-52(45)23-30(46)22-45/h11-12,19-20,26-28,30,35-36H,9-10,14-17,21-25H2,1-8H3/t30-,35-,36+,45+/m1/s1/i24D2. The summed E-state index contributed by atoms with van der Waals surface area (Å²) in [5.74, 6) is 2.43. The molecule has 59 heavy (non-hydrogen) atoms. The van der Waals surface area contributed by atoms with E-state index in [1.165, 1.54) is 20.3 Å². The number of anilines is 1. The summed E-state index contributed by atoms with van der Waals surface area (Å²) in [6, 6.07) is 5.79. The Balaban J connectivity index is 1.39. The molecule has 4 aromatic rings. The molecule has 0 radical (unpaired) electrons. The molecule has 316 valence electrons. The molecular formula is C45H56F3N5O5Si. The van der Waals surface area contributed by atoms with E-state index < -0.39 is 44.0 Å². The molecule has 10 nitrogen and oxygen atoms in total. The van der Waals surface area contributed by atoms with Gasteiger partial charge >= 0.3 is 6.01 Å². The van der Waals surface area contributed by atoms with Gasteiger partial charge in [0.25, 0.3) is 0 Å². The second-order valence-electron chi connectivity index (χ2n) is 17.4. The maximum atomic E-state index is 18.0. The number of rotatable bonds is 12. The lowest BCUT2D eigenvalue weighted by Gasteiger charge is -2.38. The molecule has 3 aliphatic heterocycles. The van der Waals surface area contributed by atoms with Crippen molar-refractivity contribution in [1.29, 1.82) is 0 Å². The van der Waals surface area contributed by atoms with Gasteiger partial charge in [-0.3, -0.25) is 4.90 Å². The summed E-state index contributed by atoms with van der Waals surface area (Å²) in [7, 11) is 0.545. The van der Waals surface area contributed by atoms with E-state index in [0.29, 0.717) is 55.5 Å². The van der Waals surface area contributed by atoms with Crippen LogP contribution in [0.15, 0.2) is 24.3 Å². The predicted octanol–water partition coefficient (Wildman–Crippen LogP) is 9.01. The lowest BCUT2D eigenvalue weighted by atomic mass is 9.95. The molecule has 3 saturated heterocycles. The van der Waals surface area contributed by atoms with Crippen LogP contribution in [0.4, 0.5) is 19.0 Å². The van der Waals surface area contributed by atoms with Crippen molar-refractivity contribution >= 4 is 35.6 Å². The highest BCUT2D eigenvalue weighted by molar-refractivity contribution is 6.90. The maximum absolute atomic E-state index is 18.0. The maximum Gasteiger partial charge on any atom is 0.319 e. The van der Waals surface area contributed by atoms with Gasteiger partial charge in [-0.2, -0.15) is 9.97 Å². The highest BCUT2D eigenvalue weighted by atomic mass is 28.3. The molecule has 0 spiro atoms. The Hall–Kier alpha value is -4.16. The molecule has 4 atom stereocenters. The van der Waals surface area contributed by atoms with Crippen molar-refractivity contribution in [2.75, 3.05) is 58.7 Å². The van der Waals surface area contributed by atoms with Crippen molar-refractivity contribution in [3.05, 3.63) is 41.5 Å². The molecule has 8 rings (SSSR count). The minimum absolute atomic E-state index is 0.00111. The number of hydrogen-bond donors (Lipinski definition) is 0. The first-order chi connectivity index (χ1) is 29.1. The molecule has 0 unspecified atom stereocenters. The van der Waals surface area contributed by atoms with Crippen molar-refractivity contribution in [3.63, 3.8) is 0 Å². The van der Waals surface area contributed by atoms with Crippen LogP contribution in [0.2, 0.25) is 16.6 Å². The van der Waals surface area contributed by atoms with E-state index in [0.717, 1.165) is 6.42 Å². The quantitative estimate of drug-likeness (QED) is 0.0783. The monoisotopic (exact) mass is 833 g/mol. The molecule has 4 aliphatic rings. The normalized spacial score (nSPS) is 23.9. The van der Waals surface area contributed by atoms with Gasteiger partial charge in [-0.25, -0.2) is 18.2 Å². The molecule has 1 aliphatic carbocycles. The molecular weight excluding hydrogens is 776 g/mol. The van der Waals surface area contributed by atoms with Crippen molar-refractivity contribution in [2.45, 2.75) is 114 Å². The van der Waals surface area contributed by atoms with Gasteiger partial charge in [0.05, 0.1) is 33.1 Å². The van der Waals surface area contributed by atoms with Crippen molar-refractivity contribution in [3.8, 4) is 40.4 Å². The van der Waals surface area contributed by atoms with Crippen LogP contribution in [0.25, 0.3) is 32.9 Å². The zero-order valence-corrected chi connectivity index (χ0v) is 36.3. The Labute approximate surface area is 348 Å². The van der Waals surface area contributed by atoms with E-state index in [-0.39, 0.29) is 87.9 Å². The summed E-state index contributed by atoms with van der Waals surface area (Å²) in [5, 5.41) is 1.03. The van der Waals surface area contributed by atoms with Gasteiger partial charge in [-0.15, -0.1) is 5.54 Å². The number of alkyl halides is 1. The van der Waals surface area contributed by atoms with Crippen LogP contribution in [-0.2, 0) is 9.47 Å². The van der Waals surface area contributed by atoms with Crippen LogP contribution >= 0.6 is 0 Å². The fourth-order valence-electron chi connectivity index (χ4n) is 10.2. The Bertz CT molecular complexity index is 2380. The van der Waals surface area contributed by atoms with Crippen molar-refractivity contribution < 1.29 is 39.6 Å². The van der Waals surface area contributed by atoms with Crippen molar-refractivity contribution in [2.24, 2.45) is 0 Å². The molecule has 0 N–H and O–H groups in total. The fraction of sp³-hybridized carbons (Fsp3) is 0.578. The number of nitrogens with zero attached hydrogens (tertiary/aromatic N) is 5. The van der Waals surface area contributed by atoms with E-state index in [4.69, 9.17) is 33.7 Å². The number of benzene rings is 2. The number of hydrogen-bond acceptors (Lipinski definition) is 10. The van der Waals surface area contributed by atoms with Crippen LogP contribution in [-0.4, -0.2) is 106 Å². The van der Waals surface area contributed by atoms with Crippen LogP contribution < -0.4 is 19.1 Å². The number of halogens is 3. The van der Waals surface area contributed by atoms with E-state index >= 15 is 8.78 Å². The summed E-state index contributed by atoms with van der Waals surface area (Å²) >= 11 is 0. The van der Waals surface area contributed by atoms with Gasteiger partial charge in [-0.05, 0) is 72.4 Å². The molecule has 5 heterocycles. The second kappa shape index (κ2) is 16.4. The van der Waals surface area contributed by atoms with E-state index in [9.17, 15) is 7.13 Å². The Kier molecular flexibility index (Phi) is 10.8. The molecule has 14 heteroatoms. The lowest BCUT2D eigenvalue weighted by Crippen LogP contribution is -2.43. The second-order valence-corrected chi connectivity index (χ2v) is 23.0. The fourth-order valence-corrected chi connectivity index (χ4v) is 15.4. The molecule has 2 aromatic carbocycles. The molecule has 0 bridgehead atoms. The molecule has 1 saturated carbocycles. The summed E-state index contributed by atoms with van der Waals surface area (Å²) in [4.78, 5) is 18.0. The zero-order valence-electron chi connectivity index (χ0n) is 37.3. The molecule has 0 amide bonds. The van der Waals surface area contributed by atoms with Gasteiger partial charge in [-0.1, -0.05) is 53.5 Å². The van der Waals surface area contributed by atoms with Gasteiger partial charge in [0.2, 0.25) is 5.88 Å². The summed E-state index contributed by atoms with van der Waals surface area (Å²) in [6.45, 7) is 12.2. The van der Waals surface area contributed by atoms with Crippen LogP contribution in [0.5, 0.6) is 17.6 Å². The topological polar surface area (TPSA) is 91.3 Å². The first kappa shape index (κ1) is 39.0. The minimum Gasteiger partial charge on any atom is -0.480 e. The third kappa shape index (κ3) is 7.40. The average molecular weight is 834 g/mol. The average Bonchev–Trinajstić information content (AvgIpc) is 3.79. The largest absolute Gasteiger partial charge is 0.480 e. The van der Waals surface area contributed by atoms with Crippen molar-refractivity contribution in [1.82, 2.24) is 19.9 Å². The predicted molar refractivity (Wildman–Crippen MR) is 226 cm³/mol. The summed E-state index contributed by atoms with van der Waals surface area (Å²) in [5.41, 5.74) is 3.06. The third-order valence-corrected chi connectivity index (χ3v) is 19.3. The van der Waals surface area contributed by atoms with E-state index in [1.807, 2.05) is 9.80 Å². The van der Waals surface area contributed by atoms with Gasteiger partial charge < -0.3 is 28.6 Å². The van der Waals surface area contributed by atoms with Crippen LogP contribution in [0, 0.1) is 23.1 Å². The van der Waals surface area contributed by atoms with Gasteiger partial charge in [0.15, 0.2) is 12.6 Å². The molecule has 2 aromatic heterocycles. The number of methoxy groups -OCH3 is 2. The minimum atomic E-state index is -2.44. The summed E-state index contributed by atoms with van der Waals surface area (Å²) in [6.07, 6.45) is 1.12.